The number of hydrogen-bond acceptors (Lipinski definition) is 4. The normalized spacial score (nSPS) is 25.5. The van der Waals surface area contributed by atoms with Gasteiger partial charge in [-0.2, -0.15) is 4.31 Å². The van der Waals surface area contributed by atoms with Gasteiger partial charge in [0.05, 0.1) is 4.90 Å². The molecule has 2 aliphatic heterocycles. The van der Waals surface area contributed by atoms with Crippen LogP contribution in [0.15, 0.2) is 41.8 Å². The van der Waals surface area contributed by atoms with E-state index in [1.165, 1.54) is 16.4 Å². The van der Waals surface area contributed by atoms with Gasteiger partial charge < -0.3 is 10.2 Å². The zero-order valence-corrected chi connectivity index (χ0v) is 18.5. The number of nitrogens with zero attached hydrogens (tertiary/aromatic N) is 2. The Kier molecular flexibility index (Phi) is 6.98. The molecule has 2 heterocycles. The fourth-order valence-electron chi connectivity index (χ4n) is 4.60. The summed E-state index contributed by atoms with van der Waals surface area (Å²) in [7, 11) is -3.77. The van der Waals surface area contributed by atoms with Gasteiger partial charge in [-0.3, -0.25) is 9.59 Å². The summed E-state index contributed by atoms with van der Waals surface area (Å²) in [6.07, 6.45) is 5.36. The second-order valence-electron chi connectivity index (χ2n) is 8.29. The van der Waals surface area contributed by atoms with Gasteiger partial charge in [0, 0.05) is 36.8 Å². The first-order valence-electron chi connectivity index (χ1n) is 10.6. The monoisotopic (exact) mass is 433 g/mol. The third-order valence-electron chi connectivity index (χ3n) is 5.95. The van der Waals surface area contributed by atoms with E-state index in [1.54, 1.807) is 23.1 Å². The van der Waals surface area contributed by atoms with E-state index in [1.807, 2.05) is 13.8 Å². The lowest BCUT2D eigenvalue weighted by molar-refractivity contribution is -0.117. The van der Waals surface area contributed by atoms with Crippen molar-refractivity contribution >= 4 is 21.8 Å². The van der Waals surface area contributed by atoms with E-state index in [0.29, 0.717) is 31.5 Å². The van der Waals surface area contributed by atoms with Crippen molar-refractivity contribution in [2.75, 3.05) is 13.1 Å². The molecule has 0 aliphatic carbocycles. The molecule has 2 atom stereocenters. The zero-order valence-electron chi connectivity index (χ0n) is 17.7. The highest BCUT2D eigenvalue weighted by atomic mass is 32.2. The summed E-state index contributed by atoms with van der Waals surface area (Å²) >= 11 is 0. The van der Waals surface area contributed by atoms with Gasteiger partial charge in [-0.05, 0) is 70.2 Å². The smallest absolute Gasteiger partial charge is 0.253 e. The Hall–Kier alpha value is -2.19. The van der Waals surface area contributed by atoms with E-state index in [9.17, 15) is 18.0 Å². The Morgan fingerprint density at radius 1 is 1.10 bits per heavy atom. The van der Waals surface area contributed by atoms with E-state index >= 15 is 0 Å². The van der Waals surface area contributed by atoms with E-state index in [4.69, 9.17) is 0 Å². The maximum atomic E-state index is 13.4. The largest absolute Gasteiger partial charge is 0.350 e. The minimum atomic E-state index is -3.77. The van der Waals surface area contributed by atoms with Crippen molar-refractivity contribution in [3.05, 3.63) is 42.5 Å². The molecule has 2 amide bonds. The molecule has 0 aromatic heterocycles. The lowest BCUT2D eigenvalue weighted by Crippen LogP contribution is -2.54. The molecule has 7 nitrogen and oxygen atoms in total. The van der Waals surface area contributed by atoms with Gasteiger partial charge in [0.2, 0.25) is 15.9 Å². The van der Waals surface area contributed by atoms with Crippen LogP contribution >= 0.6 is 0 Å². The van der Waals surface area contributed by atoms with E-state index in [0.717, 1.165) is 19.3 Å². The maximum Gasteiger partial charge on any atom is 0.253 e. The van der Waals surface area contributed by atoms with Gasteiger partial charge in [-0.15, -0.1) is 0 Å². The molecule has 0 bridgehead atoms. The number of piperidine rings is 2. The lowest BCUT2D eigenvalue weighted by atomic mass is 9.95. The molecule has 8 heteroatoms. The van der Waals surface area contributed by atoms with E-state index in [-0.39, 0.29) is 34.8 Å². The van der Waals surface area contributed by atoms with E-state index < -0.39 is 10.0 Å². The highest BCUT2D eigenvalue weighted by Gasteiger charge is 2.39. The third kappa shape index (κ3) is 4.75. The van der Waals surface area contributed by atoms with Crippen LogP contribution in [0.5, 0.6) is 0 Å². The first kappa shape index (κ1) is 22.5. The topological polar surface area (TPSA) is 86.8 Å². The first-order chi connectivity index (χ1) is 14.2. The van der Waals surface area contributed by atoms with Crippen molar-refractivity contribution in [2.45, 2.75) is 69.0 Å². The van der Waals surface area contributed by atoms with Crippen LogP contribution in [-0.2, 0) is 14.8 Å². The number of amides is 2. The molecule has 0 spiro atoms. The van der Waals surface area contributed by atoms with Crippen LogP contribution in [0.4, 0.5) is 0 Å². The number of benzene rings is 1. The predicted molar refractivity (Wildman–Crippen MR) is 116 cm³/mol. The molecule has 2 aliphatic rings. The number of sulfonamides is 1. The van der Waals surface area contributed by atoms with Crippen LogP contribution < -0.4 is 5.32 Å². The average Bonchev–Trinajstić information content (AvgIpc) is 2.73. The highest BCUT2D eigenvalue weighted by Crippen LogP contribution is 2.30. The van der Waals surface area contributed by atoms with Crippen LogP contribution in [0.2, 0.25) is 0 Å². The lowest BCUT2D eigenvalue weighted by Gasteiger charge is -2.41. The first-order valence-corrected chi connectivity index (χ1v) is 12.0. The van der Waals surface area contributed by atoms with Crippen LogP contribution in [-0.4, -0.2) is 60.7 Å². The summed E-state index contributed by atoms with van der Waals surface area (Å²) in [6, 6.07) is 5.70. The third-order valence-corrected chi connectivity index (χ3v) is 8.08. The molecular weight excluding hydrogens is 402 g/mol. The molecule has 2 unspecified atom stereocenters. The van der Waals surface area contributed by atoms with Crippen molar-refractivity contribution < 1.29 is 18.0 Å². The SMILES string of the molecule is C=CC(=O)NC1CC(C)N(S(=O)(=O)c2cccc(C(=O)N3CCCCC3)c2)C(C)C1. The second kappa shape index (κ2) is 9.31. The number of hydrogen-bond donors (Lipinski definition) is 1. The molecule has 1 aromatic carbocycles. The second-order valence-corrected chi connectivity index (χ2v) is 10.1. The molecule has 2 saturated heterocycles. The van der Waals surface area contributed by atoms with Gasteiger partial charge in [0.25, 0.3) is 5.91 Å². The summed E-state index contributed by atoms with van der Waals surface area (Å²) < 4.78 is 28.4. The minimum absolute atomic E-state index is 0.0982. The molecule has 2 fully saturated rings. The molecular formula is C22H31N3O4S. The minimum Gasteiger partial charge on any atom is -0.350 e. The molecule has 30 heavy (non-hydrogen) atoms. The number of nitrogens with one attached hydrogen (secondary N) is 1. The standard InChI is InChI=1S/C22H31N3O4S/c1-4-21(26)23-19-13-16(2)25(17(3)14-19)30(28,29)20-10-8-9-18(15-20)22(27)24-11-6-5-7-12-24/h4,8-10,15-17,19H,1,5-7,11-14H2,2-3H3,(H,23,26). The molecule has 1 aromatic rings. The quantitative estimate of drug-likeness (QED) is 0.723. The van der Waals surface area contributed by atoms with Crippen molar-refractivity contribution in [3.8, 4) is 0 Å². The molecule has 1 N–H and O–H groups in total. The highest BCUT2D eigenvalue weighted by molar-refractivity contribution is 7.89. The Labute approximate surface area is 179 Å². The average molecular weight is 434 g/mol. The predicted octanol–water partition coefficient (Wildman–Crippen LogP) is 2.54. The van der Waals surface area contributed by atoms with Crippen molar-refractivity contribution in [3.63, 3.8) is 0 Å². The summed E-state index contributed by atoms with van der Waals surface area (Å²) in [5.74, 6) is -0.363. The van der Waals surface area contributed by atoms with Crippen LogP contribution in [0, 0.1) is 0 Å². The van der Waals surface area contributed by atoms with Crippen molar-refractivity contribution in [1.82, 2.24) is 14.5 Å². The number of carbonyl (C=O) groups is 2. The fourth-order valence-corrected chi connectivity index (χ4v) is 6.49. The fraction of sp³-hybridized carbons (Fsp3) is 0.545. The summed E-state index contributed by atoms with van der Waals surface area (Å²) in [5, 5.41) is 2.87. The van der Waals surface area contributed by atoms with Gasteiger partial charge in [0.1, 0.15) is 0 Å². The zero-order chi connectivity index (χ0) is 21.9. The van der Waals surface area contributed by atoms with Gasteiger partial charge >= 0.3 is 0 Å². The summed E-state index contributed by atoms with van der Waals surface area (Å²) in [5.41, 5.74) is 0.409. The summed E-state index contributed by atoms with van der Waals surface area (Å²) in [4.78, 5) is 26.4. The Balaban J connectivity index is 1.80. The van der Waals surface area contributed by atoms with Crippen molar-refractivity contribution in [2.24, 2.45) is 0 Å². The van der Waals surface area contributed by atoms with Crippen LogP contribution in [0.25, 0.3) is 0 Å². The van der Waals surface area contributed by atoms with Crippen LogP contribution in [0.3, 0.4) is 0 Å². The molecule has 164 valence electrons. The number of rotatable bonds is 5. The molecule has 0 radical (unpaired) electrons. The Morgan fingerprint density at radius 2 is 1.73 bits per heavy atom. The Bertz CT molecular complexity index is 897. The van der Waals surface area contributed by atoms with Crippen molar-refractivity contribution in [1.29, 1.82) is 0 Å². The molecule has 0 saturated carbocycles. The van der Waals surface area contributed by atoms with Gasteiger partial charge in [0.15, 0.2) is 0 Å². The summed E-state index contributed by atoms with van der Waals surface area (Å²) in [6.45, 7) is 8.60. The maximum absolute atomic E-state index is 13.4. The number of likely N-dealkylation sites (tertiary alicyclic amines) is 1. The van der Waals surface area contributed by atoms with Gasteiger partial charge in [-0.25, -0.2) is 8.42 Å². The number of carbonyl (C=O) groups excluding carboxylic acids is 2. The van der Waals surface area contributed by atoms with Crippen LogP contribution in [0.1, 0.15) is 56.3 Å². The Morgan fingerprint density at radius 3 is 2.33 bits per heavy atom. The molecule has 3 rings (SSSR count). The van der Waals surface area contributed by atoms with E-state index in [2.05, 4.69) is 11.9 Å². The van der Waals surface area contributed by atoms with Gasteiger partial charge in [-0.1, -0.05) is 12.6 Å².